The van der Waals surface area contributed by atoms with Gasteiger partial charge in [-0.3, -0.25) is 9.52 Å². The second-order valence-electron chi connectivity index (χ2n) is 5.05. The van der Waals surface area contributed by atoms with Crippen molar-refractivity contribution in [1.29, 1.82) is 0 Å². The van der Waals surface area contributed by atoms with E-state index in [4.69, 9.17) is 11.6 Å². The number of carbonyl (C=O) groups is 1. The third kappa shape index (κ3) is 3.35. The summed E-state index contributed by atoms with van der Waals surface area (Å²) in [6.45, 7) is 0. The van der Waals surface area contributed by atoms with Gasteiger partial charge in [0.05, 0.1) is 11.1 Å². The summed E-state index contributed by atoms with van der Waals surface area (Å²) in [7, 11) is -3.95. The second-order valence-corrected chi connectivity index (χ2v) is 7.10. The molecule has 0 radical (unpaired) electrons. The molecule has 1 heterocycles. The van der Waals surface area contributed by atoms with E-state index in [9.17, 15) is 18.3 Å². The minimum Gasteiger partial charge on any atom is -0.505 e. The predicted octanol–water partition coefficient (Wildman–Crippen LogP) is 2.01. The lowest BCUT2D eigenvalue weighted by molar-refractivity contribution is -0.117. The smallest absolute Gasteiger partial charge is 0.292 e. The molecule has 3 N–H and O–H groups in total. The molecule has 1 aliphatic heterocycles. The Morgan fingerprint density at radius 1 is 1.16 bits per heavy atom. The van der Waals surface area contributed by atoms with Gasteiger partial charge in [0.2, 0.25) is 0 Å². The van der Waals surface area contributed by atoms with Gasteiger partial charge in [-0.1, -0.05) is 41.9 Å². The molecule has 9 heteroatoms. The van der Waals surface area contributed by atoms with Crippen LogP contribution in [0.1, 0.15) is 11.1 Å². The summed E-state index contributed by atoms with van der Waals surface area (Å²) in [4.78, 5) is 12.1. The lowest BCUT2D eigenvalue weighted by Gasteiger charge is -2.20. The number of amides is 1. The number of nitrogens with one attached hydrogen (secondary N) is 2. The number of nitrogens with zero attached hydrogens (tertiary/aromatic N) is 1. The zero-order valence-electron chi connectivity index (χ0n) is 12.6. The maximum atomic E-state index is 12.2. The average molecular weight is 378 g/mol. The first-order chi connectivity index (χ1) is 11.9. The van der Waals surface area contributed by atoms with Gasteiger partial charge in [-0.15, -0.1) is 0 Å². The van der Waals surface area contributed by atoms with Gasteiger partial charge < -0.3 is 5.11 Å². The summed E-state index contributed by atoms with van der Waals surface area (Å²) < 4.78 is 26.4. The van der Waals surface area contributed by atoms with E-state index in [2.05, 4.69) is 10.5 Å². The first-order valence-electron chi connectivity index (χ1n) is 7.03. The van der Waals surface area contributed by atoms with Crippen LogP contribution in [0.15, 0.2) is 64.2 Å². The first kappa shape index (κ1) is 17.0. The molecule has 0 aromatic heterocycles. The highest BCUT2D eigenvalue weighted by Crippen LogP contribution is 2.28. The molecule has 1 aliphatic rings. The van der Waals surface area contributed by atoms with Gasteiger partial charge in [0.1, 0.15) is 0 Å². The van der Waals surface area contributed by atoms with Crippen molar-refractivity contribution in [3.8, 4) is 0 Å². The zero-order chi connectivity index (χ0) is 18.0. The molecule has 2 aromatic carbocycles. The molecule has 0 unspecified atom stereocenters. The quantitative estimate of drug-likeness (QED) is 0.561. The fraction of sp³-hybridized carbons (Fsp3) is 0. The highest BCUT2D eigenvalue weighted by atomic mass is 35.5. The van der Waals surface area contributed by atoms with E-state index < -0.39 is 27.4 Å². The maximum absolute atomic E-state index is 12.2. The largest absolute Gasteiger partial charge is 0.505 e. The van der Waals surface area contributed by atoms with E-state index in [1.54, 1.807) is 30.3 Å². The van der Waals surface area contributed by atoms with Crippen LogP contribution >= 0.6 is 11.6 Å². The summed E-state index contributed by atoms with van der Waals surface area (Å²) >= 11 is 5.96. The van der Waals surface area contributed by atoms with Crippen LogP contribution in [-0.2, 0) is 14.8 Å². The van der Waals surface area contributed by atoms with Crippen LogP contribution in [0.4, 0.5) is 0 Å². The molecular formula is C16H12ClN3O4S. The highest BCUT2D eigenvalue weighted by Gasteiger charge is 2.32. The normalized spacial score (nSPS) is 15.6. The fourth-order valence-corrected chi connectivity index (χ4v) is 3.68. The molecule has 0 atom stereocenters. The number of halogens is 1. The van der Waals surface area contributed by atoms with Gasteiger partial charge in [0.25, 0.3) is 15.9 Å². The number of rotatable bonds is 3. The molecule has 2 aromatic rings. The minimum absolute atomic E-state index is 0.0430. The average Bonchev–Trinajstić information content (AvgIpc) is 2.60. The lowest BCUT2D eigenvalue weighted by Crippen LogP contribution is -2.37. The lowest BCUT2D eigenvalue weighted by atomic mass is 10.1. The van der Waals surface area contributed by atoms with Gasteiger partial charge in [-0.05, 0) is 18.2 Å². The predicted molar refractivity (Wildman–Crippen MR) is 93.5 cm³/mol. The summed E-state index contributed by atoms with van der Waals surface area (Å²) in [5, 5.41) is 14.4. The molecule has 0 spiro atoms. The summed E-state index contributed by atoms with van der Waals surface area (Å²) in [6, 6.07) is 12.7. The van der Waals surface area contributed by atoms with Gasteiger partial charge in [0, 0.05) is 16.1 Å². The van der Waals surface area contributed by atoms with Crippen molar-refractivity contribution < 1.29 is 18.3 Å². The Morgan fingerprint density at radius 3 is 2.60 bits per heavy atom. The van der Waals surface area contributed by atoms with E-state index in [1.165, 1.54) is 24.4 Å². The number of aliphatic hydroxyl groups excluding tert-OH is 1. The number of fused-ring (bicyclic) bond motifs is 1. The SMILES string of the molecule is O=C(N/N=C/c1ccccc1Cl)C1=C(O)c2ccccc2S(=O)(=O)N1. The second kappa shape index (κ2) is 6.58. The van der Waals surface area contributed by atoms with Crippen molar-refractivity contribution >= 4 is 39.5 Å². The number of sulfonamides is 1. The Kier molecular flexibility index (Phi) is 4.47. The van der Waals surface area contributed by atoms with Crippen molar-refractivity contribution in [2.24, 2.45) is 5.10 Å². The van der Waals surface area contributed by atoms with Crippen molar-refractivity contribution in [3.63, 3.8) is 0 Å². The molecule has 7 nitrogen and oxygen atoms in total. The maximum Gasteiger partial charge on any atom is 0.292 e. The third-order valence-electron chi connectivity index (χ3n) is 3.41. The molecular weight excluding hydrogens is 366 g/mol. The third-order valence-corrected chi connectivity index (χ3v) is 5.16. The van der Waals surface area contributed by atoms with Crippen LogP contribution < -0.4 is 10.1 Å². The minimum atomic E-state index is -3.95. The van der Waals surface area contributed by atoms with Crippen molar-refractivity contribution in [3.05, 3.63) is 70.4 Å². The Bertz CT molecular complexity index is 1020. The standard InChI is InChI=1S/C16H12ClN3O4S/c17-12-7-3-1-5-10(12)9-18-19-16(22)14-15(21)11-6-2-4-8-13(11)25(23,24)20-14/h1-9,20-21H,(H,19,22)/b18-9+. The van der Waals surface area contributed by atoms with Crippen molar-refractivity contribution in [2.75, 3.05) is 0 Å². The van der Waals surface area contributed by atoms with Gasteiger partial charge in [-0.2, -0.15) is 5.10 Å². The number of aliphatic hydroxyl groups is 1. The van der Waals surface area contributed by atoms with E-state index in [-0.39, 0.29) is 10.5 Å². The number of hydrazone groups is 1. The van der Waals surface area contributed by atoms with E-state index in [1.807, 2.05) is 4.72 Å². The van der Waals surface area contributed by atoms with Crippen LogP contribution in [-0.4, -0.2) is 25.6 Å². The first-order valence-corrected chi connectivity index (χ1v) is 8.89. The molecule has 3 rings (SSSR count). The van der Waals surface area contributed by atoms with E-state index in [0.29, 0.717) is 10.6 Å². The highest BCUT2D eigenvalue weighted by molar-refractivity contribution is 7.89. The van der Waals surface area contributed by atoms with Crippen LogP contribution in [0, 0.1) is 0 Å². The monoisotopic (exact) mass is 377 g/mol. The molecule has 0 bridgehead atoms. The topological polar surface area (TPSA) is 108 Å². The number of carbonyl (C=O) groups excluding carboxylic acids is 1. The number of benzene rings is 2. The molecule has 0 saturated heterocycles. The Hall–Kier alpha value is -2.84. The van der Waals surface area contributed by atoms with Crippen molar-refractivity contribution in [1.82, 2.24) is 10.1 Å². The summed E-state index contributed by atoms with van der Waals surface area (Å²) in [6.07, 6.45) is 1.31. The number of hydrogen-bond acceptors (Lipinski definition) is 5. The van der Waals surface area contributed by atoms with Gasteiger partial charge in [-0.25, -0.2) is 13.8 Å². The van der Waals surface area contributed by atoms with Crippen LogP contribution in [0.5, 0.6) is 0 Å². The molecule has 1 amide bonds. The Balaban J connectivity index is 1.87. The van der Waals surface area contributed by atoms with Crippen LogP contribution in [0.3, 0.4) is 0 Å². The van der Waals surface area contributed by atoms with Crippen molar-refractivity contribution in [2.45, 2.75) is 4.90 Å². The fourth-order valence-electron chi connectivity index (χ4n) is 2.22. The summed E-state index contributed by atoms with van der Waals surface area (Å²) in [5.41, 5.74) is 2.26. The zero-order valence-corrected chi connectivity index (χ0v) is 14.2. The molecule has 0 aliphatic carbocycles. The Labute approximate surface area is 148 Å². The van der Waals surface area contributed by atoms with Gasteiger partial charge in [0.15, 0.2) is 11.5 Å². The Morgan fingerprint density at radius 2 is 1.84 bits per heavy atom. The van der Waals surface area contributed by atoms with Gasteiger partial charge >= 0.3 is 0 Å². The van der Waals surface area contributed by atoms with E-state index >= 15 is 0 Å². The van der Waals surface area contributed by atoms with E-state index in [0.717, 1.165) is 0 Å². The molecule has 0 saturated carbocycles. The summed E-state index contributed by atoms with van der Waals surface area (Å²) in [5.74, 6) is -1.38. The van der Waals surface area contributed by atoms with Crippen LogP contribution in [0.2, 0.25) is 5.02 Å². The van der Waals surface area contributed by atoms with Crippen LogP contribution in [0.25, 0.3) is 5.76 Å². The molecule has 25 heavy (non-hydrogen) atoms. The molecule has 0 fully saturated rings. The molecule has 128 valence electrons. The number of hydrogen-bond donors (Lipinski definition) is 3.